The van der Waals surface area contributed by atoms with E-state index < -0.39 is 24.3 Å². The molecule has 2 aliphatic rings. The highest BCUT2D eigenvalue weighted by atomic mass is 19.4. The molecule has 3 atom stereocenters. The molecule has 3 heterocycles. The largest absolute Gasteiger partial charge is 0.490 e. The number of hydrogen-bond acceptors (Lipinski definition) is 7. The second-order valence-corrected chi connectivity index (χ2v) is 8.09. The highest BCUT2D eigenvalue weighted by Crippen LogP contribution is 2.33. The van der Waals surface area contributed by atoms with Crippen LogP contribution in [0, 0.1) is 0 Å². The molecule has 0 spiro atoms. The number of nitrogens with zero attached hydrogens (tertiary/aromatic N) is 3. The molecule has 38 heavy (non-hydrogen) atoms. The lowest BCUT2D eigenvalue weighted by Crippen LogP contribution is -2.51. The van der Waals surface area contributed by atoms with Gasteiger partial charge >= 0.3 is 24.3 Å². The van der Waals surface area contributed by atoms with Crippen molar-refractivity contribution < 1.29 is 55.6 Å². The topological polar surface area (TPSA) is 122 Å². The van der Waals surface area contributed by atoms with Gasteiger partial charge in [0.05, 0.1) is 31.1 Å². The van der Waals surface area contributed by atoms with Crippen LogP contribution in [0.1, 0.15) is 24.1 Å². The zero-order valence-electron chi connectivity index (χ0n) is 19.7. The Morgan fingerprint density at radius 2 is 1.66 bits per heavy atom. The molecule has 0 bridgehead atoms. The molecule has 210 valence electrons. The lowest BCUT2D eigenvalue weighted by molar-refractivity contribution is -0.193. The van der Waals surface area contributed by atoms with Crippen LogP contribution in [0.4, 0.5) is 26.3 Å². The van der Waals surface area contributed by atoms with Crippen LogP contribution in [0.25, 0.3) is 0 Å². The minimum absolute atomic E-state index is 0.166. The summed E-state index contributed by atoms with van der Waals surface area (Å²) in [7, 11) is 0. The molecule has 1 aliphatic heterocycles. The Bertz CT molecular complexity index is 986. The Kier molecular flexibility index (Phi) is 11.4. The van der Waals surface area contributed by atoms with Gasteiger partial charge in [-0.25, -0.2) is 9.59 Å². The van der Waals surface area contributed by atoms with Crippen molar-refractivity contribution in [1.82, 2.24) is 14.9 Å². The number of rotatable bonds is 5. The number of hydrogen-bond donors (Lipinski definition) is 2. The fourth-order valence-electron chi connectivity index (χ4n) is 3.75. The van der Waals surface area contributed by atoms with Crippen molar-refractivity contribution in [3.05, 3.63) is 60.2 Å². The predicted octanol–water partition coefficient (Wildman–Crippen LogP) is 3.69. The summed E-state index contributed by atoms with van der Waals surface area (Å²) < 4.78 is 75.7. The van der Waals surface area contributed by atoms with Gasteiger partial charge in [-0.3, -0.25) is 14.9 Å². The van der Waals surface area contributed by atoms with Gasteiger partial charge in [0.2, 0.25) is 0 Å². The van der Waals surface area contributed by atoms with Crippen LogP contribution in [0.15, 0.2) is 48.9 Å². The van der Waals surface area contributed by atoms with Crippen LogP contribution >= 0.6 is 0 Å². The fourth-order valence-corrected chi connectivity index (χ4v) is 3.75. The van der Waals surface area contributed by atoms with E-state index >= 15 is 0 Å². The van der Waals surface area contributed by atoms with Crippen LogP contribution in [-0.4, -0.2) is 80.8 Å². The molecule has 1 saturated carbocycles. The number of carboxylic acid groups (broad SMARTS) is 2. The third kappa shape index (κ3) is 10.2. The van der Waals surface area contributed by atoms with E-state index in [0.717, 1.165) is 43.8 Å². The molecule has 2 aromatic heterocycles. The third-order valence-electron chi connectivity index (χ3n) is 5.41. The molecule has 0 radical (unpaired) electrons. The number of carbonyl (C=O) groups is 2. The highest BCUT2D eigenvalue weighted by molar-refractivity contribution is 5.73. The molecule has 0 unspecified atom stereocenters. The molecule has 0 aromatic carbocycles. The van der Waals surface area contributed by atoms with Gasteiger partial charge in [-0.15, -0.1) is 0 Å². The Morgan fingerprint density at radius 1 is 1.00 bits per heavy atom. The molecule has 2 N–H and O–H groups in total. The first-order chi connectivity index (χ1) is 17.8. The fraction of sp³-hybridized carbons (Fsp3) is 0.478. The summed E-state index contributed by atoms with van der Waals surface area (Å²) in [6, 6.07) is 10.5. The van der Waals surface area contributed by atoms with Crippen molar-refractivity contribution in [2.45, 2.75) is 56.6 Å². The number of fused-ring (bicyclic) bond motifs is 1. The lowest BCUT2D eigenvalue weighted by atomic mass is 10.1. The normalized spacial score (nSPS) is 21.3. The van der Waals surface area contributed by atoms with Crippen molar-refractivity contribution in [3.8, 4) is 0 Å². The van der Waals surface area contributed by atoms with Crippen molar-refractivity contribution in [2.75, 3.05) is 13.2 Å². The number of aromatic nitrogens is 2. The van der Waals surface area contributed by atoms with Gasteiger partial charge in [0.1, 0.15) is 0 Å². The van der Waals surface area contributed by atoms with Gasteiger partial charge in [0.15, 0.2) is 0 Å². The molecule has 1 saturated heterocycles. The second kappa shape index (κ2) is 14.0. The number of pyridine rings is 2. The molecular weight excluding hydrogens is 528 g/mol. The average Bonchev–Trinajstić information content (AvgIpc) is 3.28. The van der Waals surface area contributed by atoms with E-state index in [0.29, 0.717) is 12.6 Å². The summed E-state index contributed by atoms with van der Waals surface area (Å²) in [6.07, 6.45) is -2.15. The Labute approximate surface area is 213 Å². The first-order valence-corrected chi connectivity index (χ1v) is 11.1. The molecule has 1 aliphatic carbocycles. The minimum Gasteiger partial charge on any atom is -0.475 e. The Balaban J connectivity index is 0.000000301. The van der Waals surface area contributed by atoms with Gasteiger partial charge in [0.25, 0.3) is 0 Å². The zero-order chi connectivity index (χ0) is 28.3. The SMILES string of the molecule is O=C(O)C(F)(F)F.O=C(O)C(F)(F)F.c1ccc(CN2CCO[C@H]3[C@@H](OCc4cccnc4)CC[C@@H]32)nc1. The first-order valence-electron chi connectivity index (χ1n) is 11.1. The molecule has 9 nitrogen and oxygen atoms in total. The molecule has 0 amide bonds. The quantitative estimate of drug-likeness (QED) is 0.534. The van der Waals surface area contributed by atoms with Crippen LogP contribution < -0.4 is 0 Å². The second-order valence-electron chi connectivity index (χ2n) is 8.09. The molecule has 2 aromatic rings. The Morgan fingerprint density at radius 3 is 2.18 bits per heavy atom. The first kappa shape index (κ1) is 30.9. The summed E-state index contributed by atoms with van der Waals surface area (Å²) in [5.74, 6) is -5.51. The van der Waals surface area contributed by atoms with E-state index in [9.17, 15) is 26.3 Å². The summed E-state index contributed by atoms with van der Waals surface area (Å²) >= 11 is 0. The number of halogens is 6. The number of ether oxygens (including phenoxy) is 2. The van der Waals surface area contributed by atoms with E-state index in [1.807, 2.05) is 24.5 Å². The van der Waals surface area contributed by atoms with Crippen LogP contribution in [0.2, 0.25) is 0 Å². The van der Waals surface area contributed by atoms with E-state index in [1.54, 1.807) is 6.20 Å². The maximum absolute atomic E-state index is 10.6. The maximum atomic E-state index is 10.6. The van der Waals surface area contributed by atoms with Crippen LogP contribution in [-0.2, 0) is 32.2 Å². The standard InChI is InChI=1S/C19H23N3O2.2C2HF3O2/c1-2-9-21-16(5-1)13-22-10-11-23-19-17(22)6-7-18(19)24-14-15-4-3-8-20-12-15;2*3-2(4,5)1(6)7/h1-5,8-9,12,17-19H,6-7,10-11,13-14H2;2*(H,6,7)/t17-,18-,19+;;/m0../s1. The van der Waals surface area contributed by atoms with Crippen molar-refractivity contribution in [3.63, 3.8) is 0 Å². The summed E-state index contributed by atoms with van der Waals surface area (Å²) in [5.41, 5.74) is 2.24. The number of alkyl halides is 6. The van der Waals surface area contributed by atoms with Crippen LogP contribution in [0.3, 0.4) is 0 Å². The maximum Gasteiger partial charge on any atom is 0.490 e. The summed E-state index contributed by atoms with van der Waals surface area (Å²) in [4.78, 5) is 28.9. The van der Waals surface area contributed by atoms with E-state index in [1.165, 1.54) is 0 Å². The van der Waals surface area contributed by atoms with Crippen LogP contribution in [0.5, 0.6) is 0 Å². The zero-order valence-corrected chi connectivity index (χ0v) is 19.7. The summed E-state index contributed by atoms with van der Waals surface area (Å²) in [6.45, 7) is 3.22. The molecule has 4 rings (SSSR count). The van der Waals surface area contributed by atoms with Gasteiger partial charge in [-0.05, 0) is 36.6 Å². The van der Waals surface area contributed by atoms with Gasteiger partial charge in [0, 0.05) is 37.7 Å². The highest BCUT2D eigenvalue weighted by Gasteiger charge is 2.43. The van der Waals surface area contributed by atoms with E-state index in [2.05, 4.69) is 33.1 Å². The van der Waals surface area contributed by atoms with Crippen molar-refractivity contribution in [2.24, 2.45) is 0 Å². The third-order valence-corrected chi connectivity index (χ3v) is 5.41. The van der Waals surface area contributed by atoms with Crippen molar-refractivity contribution >= 4 is 11.9 Å². The number of aliphatic carboxylic acids is 2. The average molecular weight is 553 g/mol. The van der Waals surface area contributed by atoms with Gasteiger partial charge in [-0.1, -0.05) is 12.1 Å². The summed E-state index contributed by atoms with van der Waals surface area (Å²) in [5, 5.41) is 14.2. The molecular formula is C23H25F6N3O6. The smallest absolute Gasteiger partial charge is 0.475 e. The van der Waals surface area contributed by atoms with Crippen molar-refractivity contribution in [1.29, 1.82) is 0 Å². The molecule has 15 heteroatoms. The lowest BCUT2D eigenvalue weighted by Gasteiger charge is -2.38. The number of carboxylic acids is 2. The minimum atomic E-state index is -5.08. The monoisotopic (exact) mass is 553 g/mol. The number of morpholine rings is 1. The van der Waals surface area contributed by atoms with Gasteiger partial charge < -0.3 is 19.7 Å². The predicted molar refractivity (Wildman–Crippen MR) is 118 cm³/mol. The van der Waals surface area contributed by atoms with E-state index in [4.69, 9.17) is 29.3 Å². The Hall–Kier alpha value is -3.30. The van der Waals surface area contributed by atoms with Gasteiger partial charge in [-0.2, -0.15) is 26.3 Å². The van der Waals surface area contributed by atoms with E-state index in [-0.39, 0.29) is 12.2 Å². The molecule has 2 fully saturated rings.